The van der Waals surface area contributed by atoms with Crippen molar-refractivity contribution in [2.45, 2.75) is 44.7 Å². The van der Waals surface area contributed by atoms with Gasteiger partial charge in [-0.3, -0.25) is 9.59 Å². The second-order valence-electron chi connectivity index (χ2n) is 4.71. The average molecular weight is 211 g/mol. The normalized spacial score (nSPS) is 33.6. The SMILES string of the molecule is COC(=O)C1(C2CC(=O)CC(C)N2)CC1. The van der Waals surface area contributed by atoms with E-state index in [1.165, 1.54) is 7.11 Å². The van der Waals surface area contributed by atoms with Gasteiger partial charge in [-0.1, -0.05) is 0 Å². The molecule has 2 atom stereocenters. The zero-order valence-electron chi connectivity index (χ0n) is 9.21. The Balaban J connectivity index is 2.10. The summed E-state index contributed by atoms with van der Waals surface area (Å²) in [5.41, 5.74) is -0.404. The maximum atomic E-state index is 11.6. The fraction of sp³-hybridized carbons (Fsp3) is 0.818. The minimum atomic E-state index is -0.404. The molecule has 15 heavy (non-hydrogen) atoms. The standard InChI is InChI=1S/C11H17NO3/c1-7-5-8(13)6-9(12-7)11(3-4-11)10(14)15-2/h7,9,12H,3-6H2,1-2H3. The first kappa shape index (κ1) is 10.6. The Hall–Kier alpha value is -0.900. The lowest BCUT2D eigenvalue weighted by atomic mass is 9.86. The van der Waals surface area contributed by atoms with Gasteiger partial charge in [0, 0.05) is 24.9 Å². The molecule has 0 amide bonds. The first-order chi connectivity index (χ1) is 7.08. The molecule has 2 aliphatic rings. The lowest BCUT2D eigenvalue weighted by Crippen LogP contribution is -2.51. The maximum absolute atomic E-state index is 11.6. The first-order valence-electron chi connectivity index (χ1n) is 5.44. The molecule has 0 radical (unpaired) electrons. The van der Waals surface area contributed by atoms with Gasteiger partial charge in [0.1, 0.15) is 5.78 Å². The highest BCUT2D eigenvalue weighted by Gasteiger charge is 2.58. The minimum Gasteiger partial charge on any atom is -0.469 e. The molecule has 1 N–H and O–H groups in total. The maximum Gasteiger partial charge on any atom is 0.313 e. The van der Waals surface area contributed by atoms with Gasteiger partial charge in [0.25, 0.3) is 0 Å². The number of esters is 1. The molecule has 84 valence electrons. The molecular formula is C11H17NO3. The highest BCUT2D eigenvalue weighted by atomic mass is 16.5. The summed E-state index contributed by atoms with van der Waals surface area (Å²) in [7, 11) is 1.41. The number of carbonyl (C=O) groups excluding carboxylic acids is 2. The molecule has 1 saturated carbocycles. The lowest BCUT2D eigenvalue weighted by Gasteiger charge is -2.32. The number of piperidine rings is 1. The van der Waals surface area contributed by atoms with Crippen LogP contribution in [-0.2, 0) is 14.3 Å². The van der Waals surface area contributed by atoms with Gasteiger partial charge in [-0.2, -0.15) is 0 Å². The van der Waals surface area contributed by atoms with Crippen LogP contribution in [0.3, 0.4) is 0 Å². The van der Waals surface area contributed by atoms with Crippen molar-refractivity contribution in [3.8, 4) is 0 Å². The van der Waals surface area contributed by atoms with Crippen LogP contribution in [0, 0.1) is 5.41 Å². The number of hydrogen-bond donors (Lipinski definition) is 1. The third-order valence-corrected chi connectivity index (χ3v) is 3.50. The Kier molecular flexibility index (Phi) is 2.54. The van der Waals surface area contributed by atoms with Crippen LogP contribution in [0.1, 0.15) is 32.6 Å². The third-order valence-electron chi connectivity index (χ3n) is 3.50. The molecule has 4 nitrogen and oxygen atoms in total. The first-order valence-corrected chi connectivity index (χ1v) is 5.44. The largest absolute Gasteiger partial charge is 0.469 e. The van der Waals surface area contributed by atoms with Gasteiger partial charge in [-0.05, 0) is 19.8 Å². The monoisotopic (exact) mass is 211 g/mol. The van der Waals surface area contributed by atoms with Crippen LogP contribution in [0.2, 0.25) is 0 Å². The molecule has 0 aromatic rings. The van der Waals surface area contributed by atoms with Crippen LogP contribution < -0.4 is 5.32 Å². The van der Waals surface area contributed by atoms with E-state index in [1.54, 1.807) is 0 Å². The van der Waals surface area contributed by atoms with Gasteiger partial charge in [-0.15, -0.1) is 0 Å². The molecule has 0 bridgehead atoms. The van der Waals surface area contributed by atoms with E-state index in [4.69, 9.17) is 4.74 Å². The highest BCUT2D eigenvalue weighted by molar-refractivity contribution is 5.85. The van der Waals surface area contributed by atoms with Crippen molar-refractivity contribution >= 4 is 11.8 Å². The van der Waals surface area contributed by atoms with E-state index in [0.717, 1.165) is 12.8 Å². The summed E-state index contributed by atoms with van der Waals surface area (Å²) in [5.74, 6) is 0.0864. The molecule has 2 fully saturated rings. The minimum absolute atomic E-state index is 0.0128. The number of ketones is 1. The van der Waals surface area contributed by atoms with Crippen molar-refractivity contribution in [2.24, 2.45) is 5.41 Å². The van der Waals surface area contributed by atoms with Crippen molar-refractivity contribution in [2.75, 3.05) is 7.11 Å². The quantitative estimate of drug-likeness (QED) is 0.681. The second-order valence-corrected chi connectivity index (χ2v) is 4.71. The Morgan fingerprint density at radius 1 is 1.47 bits per heavy atom. The van der Waals surface area contributed by atoms with E-state index in [2.05, 4.69) is 5.32 Å². The van der Waals surface area contributed by atoms with E-state index in [-0.39, 0.29) is 23.8 Å². The fourth-order valence-corrected chi connectivity index (χ4v) is 2.50. The van der Waals surface area contributed by atoms with E-state index in [9.17, 15) is 9.59 Å². The van der Waals surface area contributed by atoms with Crippen molar-refractivity contribution in [1.82, 2.24) is 5.32 Å². The van der Waals surface area contributed by atoms with Crippen molar-refractivity contribution in [3.05, 3.63) is 0 Å². The van der Waals surface area contributed by atoms with Crippen LogP contribution in [0.5, 0.6) is 0 Å². The summed E-state index contributed by atoms with van der Waals surface area (Å²) >= 11 is 0. The number of methoxy groups -OCH3 is 1. The zero-order chi connectivity index (χ0) is 11.1. The molecule has 0 aromatic carbocycles. The fourth-order valence-electron chi connectivity index (χ4n) is 2.50. The van der Waals surface area contributed by atoms with Crippen LogP contribution >= 0.6 is 0 Å². The predicted molar refractivity (Wildman–Crippen MR) is 54.3 cm³/mol. The lowest BCUT2D eigenvalue weighted by molar-refractivity contribution is -0.149. The van der Waals surface area contributed by atoms with Gasteiger partial charge in [-0.25, -0.2) is 0 Å². The third kappa shape index (κ3) is 1.78. The smallest absolute Gasteiger partial charge is 0.313 e. The van der Waals surface area contributed by atoms with Crippen molar-refractivity contribution < 1.29 is 14.3 Å². The Morgan fingerprint density at radius 3 is 2.60 bits per heavy atom. The van der Waals surface area contributed by atoms with E-state index in [1.807, 2.05) is 6.92 Å². The summed E-state index contributed by atoms with van der Waals surface area (Å²) in [6.45, 7) is 1.98. The Morgan fingerprint density at radius 2 is 2.13 bits per heavy atom. The number of rotatable bonds is 2. The molecule has 4 heteroatoms. The number of nitrogens with one attached hydrogen (secondary N) is 1. The molecule has 0 aromatic heterocycles. The molecule has 1 heterocycles. The van der Waals surface area contributed by atoms with Crippen LogP contribution in [0.25, 0.3) is 0 Å². The molecule has 1 saturated heterocycles. The van der Waals surface area contributed by atoms with Crippen molar-refractivity contribution in [1.29, 1.82) is 0 Å². The second kappa shape index (κ2) is 3.59. The molecule has 1 aliphatic carbocycles. The summed E-state index contributed by atoms with van der Waals surface area (Å²) < 4.78 is 4.81. The van der Waals surface area contributed by atoms with Gasteiger partial charge in [0.05, 0.1) is 12.5 Å². The van der Waals surface area contributed by atoms with Gasteiger partial charge in [0.15, 0.2) is 0 Å². The van der Waals surface area contributed by atoms with Crippen LogP contribution in [0.4, 0.5) is 0 Å². The van der Waals surface area contributed by atoms with Crippen LogP contribution in [0.15, 0.2) is 0 Å². The van der Waals surface area contributed by atoms with Gasteiger partial charge >= 0.3 is 5.97 Å². The number of Topliss-reactive ketones (excluding diaryl/α,β-unsaturated/α-hetero) is 1. The summed E-state index contributed by atoms with van der Waals surface area (Å²) in [6, 6.07) is 0.166. The summed E-state index contributed by atoms with van der Waals surface area (Å²) in [6.07, 6.45) is 2.74. The molecule has 0 spiro atoms. The summed E-state index contributed by atoms with van der Waals surface area (Å²) in [5, 5.41) is 3.34. The molecule has 2 rings (SSSR count). The molecule has 2 unspecified atom stereocenters. The average Bonchev–Trinajstić information content (AvgIpc) is 2.96. The number of ether oxygens (including phenoxy) is 1. The topological polar surface area (TPSA) is 55.4 Å². The van der Waals surface area contributed by atoms with E-state index in [0.29, 0.717) is 12.8 Å². The Bertz CT molecular complexity index is 296. The number of hydrogen-bond acceptors (Lipinski definition) is 4. The van der Waals surface area contributed by atoms with E-state index < -0.39 is 5.41 Å². The van der Waals surface area contributed by atoms with Gasteiger partial charge in [0.2, 0.25) is 0 Å². The van der Waals surface area contributed by atoms with Crippen molar-refractivity contribution in [3.63, 3.8) is 0 Å². The zero-order valence-corrected chi connectivity index (χ0v) is 9.21. The number of carbonyl (C=O) groups is 2. The predicted octanol–water partition coefficient (Wildman–Crippen LogP) is 0.649. The van der Waals surface area contributed by atoms with Crippen LogP contribution in [-0.4, -0.2) is 30.9 Å². The summed E-state index contributed by atoms with van der Waals surface area (Å²) in [4.78, 5) is 23.1. The van der Waals surface area contributed by atoms with E-state index >= 15 is 0 Å². The Labute approximate surface area is 89.4 Å². The molecule has 1 aliphatic heterocycles. The highest BCUT2D eigenvalue weighted by Crippen LogP contribution is 2.51. The van der Waals surface area contributed by atoms with Gasteiger partial charge < -0.3 is 10.1 Å². The molecular weight excluding hydrogens is 194 g/mol.